The third-order valence-electron chi connectivity index (χ3n) is 5.77. The molecule has 0 saturated heterocycles. The van der Waals surface area contributed by atoms with Crippen molar-refractivity contribution in [2.24, 2.45) is 11.7 Å². The highest BCUT2D eigenvalue weighted by Crippen LogP contribution is 2.42. The SMILES string of the molecule is COc1cc(C)c2[nH]c(=O)c3sccc3c2c1-c1ccc(C(CN)C(C)C)cc1.Cl. The molecule has 0 aliphatic carbocycles. The number of thiophene rings is 1. The van der Waals surface area contributed by atoms with Gasteiger partial charge in [-0.3, -0.25) is 4.79 Å². The van der Waals surface area contributed by atoms with Gasteiger partial charge in [-0.15, -0.1) is 23.7 Å². The molecule has 2 aromatic carbocycles. The summed E-state index contributed by atoms with van der Waals surface area (Å²) in [6, 6.07) is 12.6. The molecular formula is C24H27ClN2O2S. The van der Waals surface area contributed by atoms with Gasteiger partial charge < -0.3 is 15.5 Å². The van der Waals surface area contributed by atoms with E-state index in [-0.39, 0.29) is 18.0 Å². The van der Waals surface area contributed by atoms with E-state index < -0.39 is 0 Å². The van der Waals surface area contributed by atoms with Gasteiger partial charge >= 0.3 is 0 Å². The van der Waals surface area contributed by atoms with E-state index in [0.717, 1.165) is 43.4 Å². The Bertz CT molecular complexity index is 1240. The Morgan fingerprint density at radius 1 is 1.17 bits per heavy atom. The van der Waals surface area contributed by atoms with Crippen LogP contribution in [0.25, 0.3) is 32.1 Å². The van der Waals surface area contributed by atoms with Crippen LogP contribution in [0.1, 0.15) is 30.9 Å². The van der Waals surface area contributed by atoms with E-state index in [1.54, 1.807) is 7.11 Å². The molecule has 0 aliphatic heterocycles. The third-order valence-corrected chi connectivity index (χ3v) is 6.69. The van der Waals surface area contributed by atoms with E-state index in [1.807, 2.05) is 24.4 Å². The molecule has 0 fully saturated rings. The van der Waals surface area contributed by atoms with Gasteiger partial charge in [0, 0.05) is 16.3 Å². The minimum Gasteiger partial charge on any atom is -0.496 e. The first-order chi connectivity index (χ1) is 14.0. The monoisotopic (exact) mass is 442 g/mol. The zero-order valence-electron chi connectivity index (χ0n) is 17.6. The van der Waals surface area contributed by atoms with Crippen molar-refractivity contribution in [1.82, 2.24) is 4.98 Å². The Morgan fingerprint density at radius 2 is 1.87 bits per heavy atom. The summed E-state index contributed by atoms with van der Waals surface area (Å²) in [6.07, 6.45) is 0. The topological polar surface area (TPSA) is 68.1 Å². The molecule has 6 heteroatoms. The maximum absolute atomic E-state index is 12.5. The standard InChI is InChI=1S/C24H26N2O2S.ClH/c1-13(2)18(12-25)15-5-7-16(8-6-15)20-19(28-4)11-14(3)22-21(20)17-9-10-29-23(17)24(27)26-22;/h5-11,13,18H,12,25H2,1-4H3,(H,26,27);1H. The third kappa shape index (κ3) is 3.62. The van der Waals surface area contributed by atoms with Crippen LogP contribution >= 0.6 is 23.7 Å². The summed E-state index contributed by atoms with van der Waals surface area (Å²) in [5.74, 6) is 1.62. The maximum Gasteiger partial charge on any atom is 0.266 e. The van der Waals surface area contributed by atoms with Crippen molar-refractivity contribution in [2.45, 2.75) is 26.7 Å². The number of rotatable bonds is 5. The largest absolute Gasteiger partial charge is 0.496 e. The fourth-order valence-electron chi connectivity index (χ4n) is 4.21. The number of ether oxygens (including phenoxy) is 1. The molecule has 1 unspecified atom stereocenters. The van der Waals surface area contributed by atoms with Crippen molar-refractivity contribution in [3.05, 3.63) is 63.3 Å². The highest BCUT2D eigenvalue weighted by Gasteiger charge is 2.19. The molecular weight excluding hydrogens is 416 g/mol. The number of pyridine rings is 1. The van der Waals surface area contributed by atoms with E-state index in [2.05, 4.69) is 43.1 Å². The van der Waals surface area contributed by atoms with Crippen LogP contribution in [0.3, 0.4) is 0 Å². The van der Waals surface area contributed by atoms with Gasteiger partial charge in [-0.1, -0.05) is 38.1 Å². The van der Waals surface area contributed by atoms with Crippen LogP contribution in [0.2, 0.25) is 0 Å². The number of methoxy groups -OCH3 is 1. The number of aromatic nitrogens is 1. The summed E-state index contributed by atoms with van der Waals surface area (Å²) in [4.78, 5) is 15.6. The first kappa shape index (κ1) is 22.3. The number of H-pyrrole nitrogens is 1. The second kappa shape index (κ2) is 8.80. The van der Waals surface area contributed by atoms with E-state index in [0.29, 0.717) is 18.4 Å². The first-order valence-corrected chi connectivity index (χ1v) is 10.7. The molecule has 3 N–H and O–H groups in total. The summed E-state index contributed by atoms with van der Waals surface area (Å²) in [7, 11) is 1.69. The van der Waals surface area contributed by atoms with Gasteiger partial charge in [0.1, 0.15) is 10.4 Å². The van der Waals surface area contributed by atoms with E-state index in [4.69, 9.17) is 10.5 Å². The molecule has 0 saturated carbocycles. The van der Waals surface area contributed by atoms with Gasteiger partial charge in [0.25, 0.3) is 5.56 Å². The van der Waals surface area contributed by atoms with Gasteiger partial charge in [-0.25, -0.2) is 0 Å². The zero-order chi connectivity index (χ0) is 20.7. The minimum atomic E-state index is -0.0419. The normalized spacial score (nSPS) is 12.3. The molecule has 2 heterocycles. The molecule has 2 aromatic heterocycles. The van der Waals surface area contributed by atoms with Gasteiger partial charge in [0.2, 0.25) is 0 Å². The fourth-order valence-corrected chi connectivity index (χ4v) is 5.00. The molecule has 0 bridgehead atoms. The average Bonchev–Trinajstić information content (AvgIpc) is 3.20. The Balaban J connectivity index is 0.00000256. The molecule has 0 spiro atoms. The number of nitrogens with one attached hydrogen (secondary N) is 1. The highest BCUT2D eigenvalue weighted by atomic mass is 35.5. The van der Waals surface area contributed by atoms with Crippen LogP contribution in [0.5, 0.6) is 5.75 Å². The van der Waals surface area contributed by atoms with Crippen molar-refractivity contribution in [1.29, 1.82) is 0 Å². The lowest BCUT2D eigenvalue weighted by Crippen LogP contribution is -2.17. The fraction of sp³-hybridized carbons (Fsp3) is 0.292. The van der Waals surface area contributed by atoms with Gasteiger partial charge in [0.15, 0.2) is 0 Å². The Kier molecular flexibility index (Phi) is 6.56. The lowest BCUT2D eigenvalue weighted by molar-refractivity contribution is 0.416. The Labute approximate surface area is 186 Å². The minimum absolute atomic E-state index is 0. The number of nitrogens with two attached hydrogens (primary N) is 1. The summed E-state index contributed by atoms with van der Waals surface area (Å²) in [6.45, 7) is 7.03. The van der Waals surface area contributed by atoms with Crippen LogP contribution in [0, 0.1) is 12.8 Å². The molecule has 0 radical (unpaired) electrons. The van der Waals surface area contributed by atoms with Gasteiger partial charge in [-0.05, 0) is 59.5 Å². The molecule has 0 amide bonds. The van der Waals surface area contributed by atoms with Crippen molar-refractivity contribution in [2.75, 3.05) is 13.7 Å². The predicted octanol–water partition coefficient (Wildman–Crippen LogP) is 5.85. The van der Waals surface area contributed by atoms with E-state index in [9.17, 15) is 4.79 Å². The van der Waals surface area contributed by atoms with E-state index in [1.165, 1.54) is 16.9 Å². The molecule has 1 atom stereocenters. The summed E-state index contributed by atoms with van der Waals surface area (Å²) in [5.41, 5.74) is 11.1. The predicted molar refractivity (Wildman–Crippen MR) is 131 cm³/mol. The second-order valence-electron chi connectivity index (χ2n) is 7.85. The Morgan fingerprint density at radius 3 is 2.47 bits per heavy atom. The number of aromatic amines is 1. The number of halogens is 1. The number of benzene rings is 2. The number of aryl methyl sites for hydroxylation is 1. The summed E-state index contributed by atoms with van der Waals surface area (Å²) < 4.78 is 6.51. The van der Waals surface area contributed by atoms with Gasteiger partial charge in [-0.2, -0.15) is 0 Å². The summed E-state index contributed by atoms with van der Waals surface area (Å²) >= 11 is 1.47. The van der Waals surface area contributed by atoms with Crippen LogP contribution < -0.4 is 16.0 Å². The quantitative estimate of drug-likeness (QED) is 0.407. The molecule has 30 heavy (non-hydrogen) atoms. The lowest BCUT2D eigenvalue weighted by Gasteiger charge is -2.20. The van der Waals surface area contributed by atoms with Gasteiger partial charge in [0.05, 0.1) is 12.6 Å². The molecule has 4 rings (SSSR count). The van der Waals surface area contributed by atoms with Crippen LogP contribution in [-0.4, -0.2) is 18.6 Å². The second-order valence-corrected chi connectivity index (χ2v) is 8.76. The Hall–Kier alpha value is -2.34. The van der Waals surface area contributed by atoms with Crippen LogP contribution in [0.4, 0.5) is 0 Å². The number of hydrogen-bond donors (Lipinski definition) is 2. The smallest absolute Gasteiger partial charge is 0.266 e. The van der Waals surface area contributed by atoms with Crippen LogP contribution in [0.15, 0.2) is 46.6 Å². The van der Waals surface area contributed by atoms with Crippen molar-refractivity contribution >= 4 is 44.7 Å². The van der Waals surface area contributed by atoms with Crippen LogP contribution in [-0.2, 0) is 0 Å². The molecule has 0 aliphatic rings. The molecule has 4 nitrogen and oxygen atoms in total. The molecule has 158 valence electrons. The number of hydrogen-bond acceptors (Lipinski definition) is 4. The van der Waals surface area contributed by atoms with Crippen molar-refractivity contribution < 1.29 is 4.74 Å². The highest BCUT2D eigenvalue weighted by molar-refractivity contribution is 7.17. The van der Waals surface area contributed by atoms with Crippen molar-refractivity contribution in [3.63, 3.8) is 0 Å². The average molecular weight is 443 g/mol. The van der Waals surface area contributed by atoms with Crippen molar-refractivity contribution in [3.8, 4) is 16.9 Å². The molecule has 4 aromatic rings. The maximum atomic E-state index is 12.5. The first-order valence-electron chi connectivity index (χ1n) is 9.87. The summed E-state index contributed by atoms with van der Waals surface area (Å²) in [5, 5.41) is 3.97. The zero-order valence-corrected chi connectivity index (χ0v) is 19.2. The van der Waals surface area contributed by atoms with E-state index >= 15 is 0 Å². The number of fused-ring (bicyclic) bond motifs is 3. The lowest BCUT2D eigenvalue weighted by atomic mass is 9.87.